The molecule has 1 aliphatic carbocycles. The molecule has 0 unspecified atom stereocenters. The first-order chi connectivity index (χ1) is 31.2. The number of fused-ring (bicyclic) bond motifs is 3. The molecule has 1 aliphatic rings. The highest BCUT2D eigenvalue weighted by Crippen LogP contribution is 2.49. The number of methoxy groups -OCH3 is 1. The molecule has 3 atom stereocenters. The number of carbonyl (C=O) groups is 5. The molecule has 0 bridgehead atoms. The predicted octanol–water partition coefficient (Wildman–Crippen LogP) is 8.93. The van der Waals surface area contributed by atoms with Crippen LogP contribution in [0.15, 0.2) is 140 Å². The number of hydrogen-bond acceptors (Lipinski definition) is 9. The van der Waals surface area contributed by atoms with Crippen LogP contribution < -0.4 is 16.0 Å². The third kappa shape index (κ3) is 12.2. The van der Waals surface area contributed by atoms with Crippen molar-refractivity contribution in [3.63, 3.8) is 0 Å². The minimum Gasteiger partial charge on any atom is -0.467 e. The summed E-state index contributed by atoms with van der Waals surface area (Å²) in [7, 11) is 1.24. The molecule has 0 heterocycles. The van der Waals surface area contributed by atoms with Crippen LogP contribution >= 0.6 is 11.8 Å². The van der Waals surface area contributed by atoms with Crippen molar-refractivity contribution in [1.29, 1.82) is 0 Å². The second-order valence-corrected chi connectivity index (χ2v) is 18.7. The van der Waals surface area contributed by atoms with Crippen LogP contribution in [0.1, 0.15) is 87.6 Å². The number of carbonyl (C=O) groups excluding carboxylic acids is 5. The molecule has 11 nitrogen and oxygen atoms in total. The van der Waals surface area contributed by atoms with E-state index in [0.29, 0.717) is 0 Å². The summed E-state index contributed by atoms with van der Waals surface area (Å²) in [4.78, 5) is 68.9. The average molecular weight is 898 g/mol. The van der Waals surface area contributed by atoms with Crippen LogP contribution in [0.5, 0.6) is 0 Å². The van der Waals surface area contributed by atoms with Crippen molar-refractivity contribution in [2.75, 3.05) is 19.5 Å². The minimum absolute atomic E-state index is 0.00719. The van der Waals surface area contributed by atoms with Gasteiger partial charge < -0.3 is 30.2 Å². The molecule has 5 aromatic rings. The Morgan fingerprint density at radius 3 is 1.55 bits per heavy atom. The van der Waals surface area contributed by atoms with Crippen LogP contribution in [0.4, 0.5) is 4.79 Å². The molecule has 0 radical (unpaired) electrons. The summed E-state index contributed by atoms with van der Waals surface area (Å²) in [5.41, 5.74) is 6.25. The van der Waals surface area contributed by atoms with Crippen molar-refractivity contribution < 1.29 is 38.2 Å². The summed E-state index contributed by atoms with van der Waals surface area (Å²) < 4.78 is 15.7. The zero-order valence-electron chi connectivity index (χ0n) is 37.9. The topological polar surface area (TPSA) is 149 Å². The maximum absolute atomic E-state index is 14.9. The van der Waals surface area contributed by atoms with E-state index < -0.39 is 58.3 Å². The molecule has 3 amide bonds. The number of nitrogens with one attached hydrogen (secondary N) is 3. The van der Waals surface area contributed by atoms with Gasteiger partial charge in [0.05, 0.1) is 11.9 Å². The summed E-state index contributed by atoms with van der Waals surface area (Å²) in [6, 6.07) is 42.3. The summed E-state index contributed by atoms with van der Waals surface area (Å²) in [6.45, 7) is 9.03. The molecule has 0 aromatic heterocycles. The maximum atomic E-state index is 14.9. The summed E-state index contributed by atoms with van der Waals surface area (Å²) in [5.74, 6) is -2.82. The smallest absolute Gasteiger partial charge is 0.407 e. The SMILES string of the molecule is COC(=O)[C@H](CC(C)C)NC(=O)[C@H](CCC(=O)OC(C)(C)C)NC(=O)[C@H](CSC(c1ccccc1)(c1ccccc1)c1ccccc1)NC(=O)OCC1c2ccccc2-c2ccccc21. The van der Waals surface area contributed by atoms with Crippen molar-refractivity contribution in [2.45, 2.75) is 88.3 Å². The fourth-order valence-corrected chi connectivity index (χ4v) is 9.80. The number of benzene rings is 5. The van der Waals surface area contributed by atoms with Gasteiger partial charge in [-0.25, -0.2) is 9.59 Å². The van der Waals surface area contributed by atoms with Gasteiger partial charge in [-0.1, -0.05) is 153 Å². The van der Waals surface area contributed by atoms with Crippen LogP contribution in [0.3, 0.4) is 0 Å². The fraction of sp³-hybridized carbons (Fsp3) is 0.340. The van der Waals surface area contributed by atoms with Crippen LogP contribution in [-0.2, 0) is 38.1 Å². The van der Waals surface area contributed by atoms with Crippen LogP contribution in [0, 0.1) is 5.92 Å². The largest absolute Gasteiger partial charge is 0.467 e. The van der Waals surface area contributed by atoms with Crippen molar-refractivity contribution in [3.05, 3.63) is 167 Å². The molecular formula is C53H59N3O8S. The lowest BCUT2D eigenvalue weighted by Gasteiger charge is -2.36. The van der Waals surface area contributed by atoms with Crippen molar-refractivity contribution in [3.8, 4) is 11.1 Å². The van der Waals surface area contributed by atoms with Crippen molar-refractivity contribution in [2.24, 2.45) is 5.92 Å². The second kappa shape index (κ2) is 22.0. The van der Waals surface area contributed by atoms with Gasteiger partial charge in [-0.15, -0.1) is 11.8 Å². The van der Waals surface area contributed by atoms with E-state index in [-0.39, 0.29) is 43.5 Å². The first kappa shape index (κ1) is 48.1. The molecular weight excluding hydrogens is 839 g/mol. The molecule has 65 heavy (non-hydrogen) atoms. The molecule has 0 saturated carbocycles. The van der Waals surface area contributed by atoms with Gasteiger partial charge in [-0.3, -0.25) is 14.4 Å². The maximum Gasteiger partial charge on any atom is 0.407 e. The van der Waals surface area contributed by atoms with E-state index in [1.165, 1.54) is 18.9 Å². The number of hydrogen-bond donors (Lipinski definition) is 3. The third-order valence-corrected chi connectivity index (χ3v) is 12.8. The number of amides is 3. The van der Waals surface area contributed by atoms with E-state index in [1.54, 1.807) is 20.8 Å². The van der Waals surface area contributed by atoms with Gasteiger partial charge in [0.1, 0.15) is 30.3 Å². The summed E-state index contributed by atoms with van der Waals surface area (Å²) >= 11 is 1.45. The average Bonchev–Trinajstić information content (AvgIpc) is 3.62. The summed E-state index contributed by atoms with van der Waals surface area (Å²) in [5, 5.41) is 8.45. The highest BCUT2D eigenvalue weighted by atomic mass is 32.2. The Kier molecular flexibility index (Phi) is 16.3. The predicted molar refractivity (Wildman–Crippen MR) is 254 cm³/mol. The Labute approximate surface area is 386 Å². The van der Waals surface area contributed by atoms with E-state index in [2.05, 4.69) is 28.1 Å². The lowest BCUT2D eigenvalue weighted by molar-refractivity contribution is -0.155. The highest BCUT2D eigenvalue weighted by molar-refractivity contribution is 8.00. The fourth-order valence-electron chi connectivity index (χ4n) is 8.24. The number of thioether (sulfide) groups is 1. The first-order valence-corrected chi connectivity index (χ1v) is 23.0. The standard InChI is InChI=1S/C53H59N3O8S/c1-35(2)32-45(50(60)62-6)55-48(58)44(30-31-47(57)64-52(3,4)5)54-49(59)46(56-51(61)63-33-43-41-28-18-16-26-39(41)40-27-17-19-29-42(40)43)34-65-53(36-20-10-7-11-21-36,37-22-12-8-13-23-37)38-24-14-9-15-25-38/h7-29,35,43-46H,30-34H2,1-6H3,(H,54,59)(H,55,58)(H,56,61)/t44-,45-,46-/m0/s1. The lowest BCUT2D eigenvalue weighted by atomic mass is 9.84. The van der Waals surface area contributed by atoms with E-state index in [0.717, 1.165) is 38.9 Å². The number of ether oxygens (including phenoxy) is 3. The Bertz CT molecular complexity index is 2260. The van der Waals surface area contributed by atoms with Crippen LogP contribution in [0.2, 0.25) is 0 Å². The highest BCUT2D eigenvalue weighted by Gasteiger charge is 2.40. The molecule has 12 heteroatoms. The molecule has 0 aliphatic heterocycles. The second-order valence-electron chi connectivity index (χ2n) is 17.5. The normalized spacial score (nSPS) is 13.6. The monoisotopic (exact) mass is 897 g/mol. The van der Waals surface area contributed by atoms with Crippen LogP contribution in [0.25, 0.3) is 11.1 Å². The van der Waals surface area contributed by atoms with Crippen molar-refractivity contribution in [1.82, 2.24) is 16.0 Å². The van der Waals surface area contributed by atoms with Gasteiger partial charge >= 0.3 is 18.0 Å². The van der Waals surface area contributed by atoms with Gasteiger partial charge in [0.25, 0.3) is 0 Å². The van der Waals surface area contributed by atoms with E-state index in [4.69, 9.17) is 14.2 Å². The molecule has 5 aromatic carbocycles. The molecule has 0 saturated heterocycles. The molecule has 0 spiro atoms. The summed E-state index contributed by atoms with van der Waals surface area (Å²) in [6.07, 6.45) is -0.931. The zero-order valence-corrected chi connectivity index (χ0v) is 38.7. The zero-order chi connectivity index (χ0) is 46.6. The third-order valence-electron chi connectivity index (χ3n) is 11.2. The Balaban J connectivity index is 1.34. The number of alkyl carbamates (subject to hydrolysis) is 1. The van der Waals surface area contributed by atoms with Gasteiger partial charge in [0.2, 0.25) is 11.8 Å². The quantitative estimate of drug-likeness (QED) is 0.0420. The lowest BCUT2D eigenvalue weighted by Crippen LogP contribution is -2.57. The van der Waals surface area contributed by atoms with E-state index >= 15 is 0 Å². The first-order valence-electron chi connectivity index (χ1n) is 22.0. The Morgan fingerprint density at radius 2 is 1.08 bits per heavy atom. The van der Waals surface area contributed by atoms with Gasteiger partial charge in [0, 0.05) is 18.1 Å². The molecule has 3 N–H and O–H groups in total. The Morgan fingerprint density at radius 1 is 0.615 bits per heavy atom. The van der Waals surface area contributed by atoms with Gasteiger partial charge in [-0.05, 0) is 78.5 Å². The van der Waals surface area contributed by atoms with Crippen LogP contribution in [-0.4, -0.2) is 73.0 Å². The molecule has 0 fully saturated rings. The van der Waals surface area contributed by atoms with Crippen molar-refractivity contribution >= 4 is 41.6 Å². The van der Waals surface area contributed by atoms with E-state index in [1.807, 2.05) is 141 Å². The number of rotatable bonds is 19. The van der Waals surface area contributed by atoms with Gasteiger partial charge in [0.15, 0.2) is 0 Å². The van der Waals surface area contributed by atoms with Gasteiger partial charge in [-0.2, -0.15) is 0 Å². The number of esters is 2. The van der Waals surface area contributed by atoms with E-state index in [9.17, 15) is 24.0 Å². The Hall–Kier alpha value is -6.40. The molecule has 340 valence electrons. The molecule has 6 rings (SSSR count). The minimum atomic E-state index is -1.31.